The average molecular weight is 308 g/mol. The van der Waals surface area contributed by atoms with E-state index in [9.17, 15) is 0 Å². The predicted molar refractivity (Wildman–Crippen MR) is 101 cm³/mol. The lowest BCUT2D eigenvalue weighted by Crippen LogP contribution is -2.16. The van der Waals surface area contributed by atoms with Gasteiger partial charge in [-0.2, -0.15) is 0 Å². The molecule has 122 valence electrons. The van der Waals surface area contributed by atoms with Crippen LogP contribution in [0.3, 0.4) is 0 Å². The second kappa shape index (κ2) is 5.92. The Morgan fingerprint density at radius 1 is 0.609 bits per heavy atom. The van der Waals surface area contributed by atoms with Crippen molar-refractivity contribution < 1.29 is 0 Å². The second-order valence-electron chi connectivity index (χ2n) is 7.28. The van der Waals surface area contributed by atoms with E-state index in [1.54, 1.807) is 0 Å². The summed E-state index contributed by atoms with van der Waals surface area (Å²) in [5.74, 6) is 0. The monoisotopic (exact) mass is 308 g/mol. The minimum Gasteiger partial charge on any atom is -0.380 e. The molecule has 1 aliphatic rings. The largest absolute Gasteiger partial charge is 0.380 e. The molecule has 2 aromatic carbocycles. The Morgan fingerprint density at radius 2 is 0.913 bits per heavy atom. The first kappa shape index (κ1) is 15.9. The maximum absolute atomic E-state index is 3.74. The summed E-state index contributed by atoms with van der Waals surface area (Å²) in [5, 5.41) is 7.48. The fraction of sp³-hybridized carbons (Fsp3) is 0.429. The van der Waals surface area contributed by atoms with Crippen LogP contribution in [0.5, 0.6) is 0 Å². The Labute approximate surface area is 140 Å². The van der Waals surface area contributed by atoms with Gasteiger partial charge in [-0.15, -0.1) is 0 Å². The van der Waals surface area contributed by atoms with E-state index in [0.29, 0.717) is 12.1 Å². The van der Waals surface area contributed by atoms with Crippen molar-refractivity contribution in [2.45, 2.75) is 60.0 Å². The summed E-state index contributed by atoms with van der Waals surface area (Å²) in [5.41, 5.74) is 10.7. The van der Waals surface area contributed by atoms with Crippen LogP contribution in [0.15, 0.2) is 24.3 Å². The topological polar surface area (TPSA) is 24.1 Å². The highest BCUT2D eigenvalue weighted by Gasteiger charge is 2.38. The molecule has 2 aromatic rings. The number of nitrogens with one attached hydrogen (secondary N) is 2. The predicted octanol–water partition coefficient (Wildman–Crippen LogP) is 5.20. The number of rotatable bonds is 4. The lowest BCUT2D eigenvalue weighted by molar-refractivity contribution is 1.05. The number of benzene rings is 2. The first-order valence-electron chi connectivity index (χ1n) is 8.54. The Kier molecular flexibility index (Phi) is 4.09. The maximum atomic E-state index is 3.74. The zero-order chi connectivity index (χ0) is 16.7. The molecule has 2 heteroatoms. The van der Waals surface area contributed by atoms with Gasteiger partial charge < -0.3 is 10.6 Å². The normalized spacial score (nSPS) is 19.6. The first-order valence-corrected chi connectivity index (χ1v) is 8.54. The molecule has 1 saturated carbocycles. The summed E-state index contributed by atoms with van der Waals surface area (Å²) in [4.78, 5) is 0. The molecule has 2 unspecified atom stereocenters. The fourth-order valence-corrected chi connectivity index (χ4v) is 3.70. The van der Waals surface area contributed by atoms with Crippen LogP contribution in [0.1, 0.15) is 39.8 Å². The molecule has 0 bridgehead atoms. The zero-order valence-electron chi connectivity index (χ0n) is 15.2. The molecule has 2 atom stereocenters. The van der Waals surface area contributed by atoms with Crippen molar-refractivity contribution in [3.8, 4) is 0 Å². The Morgan fingerprint density at radius 3 is 1.22 bits per heavy atom. The van der Waals surface area contributed by atoms with E-state index in [1.165, 1.54) is 51.2 Å². The molecule has 0 aliphatic heterocycles. The van der Waals surface area contributed by atoms with E-state index >= 15 is 0 Å². The molecule has 3 rings (SSSR count). The molecule has 0 saturated heterocycles. The van der Waals surface area contributed by atoms with E-state index in [4.69, 9.17) is 0 Å². The molecule has 2 N–H and O–H groups in total. The Hall–Kier alpha value is -1.96. The number of hydrogen-bond donors (Lipinski definition) is 2. The molecule has 23 heavy (non-hydrogen) atoms. The molecule has 0 spiro atoms. The molecule has 0 radical (unpaired) electrons. The standard InChI is InChI=1S/C21H28N2/c1-12-7-14(3)20(15(4)8-12)22-18-11-19(18)23-21-16(5)9-13(2)10-17(21)6/h7-10,18-19,22-23H,11H2,1-6H3. The molecule has 0 aromatic heterocycles. The zero-order valence-corrected chi connectivity index (χ0v) is 15.2. The van der Waals surface area contributed by atoms with Crippen LogP contribution in [0.25, 0.3) is 0 Å². The fourth-order valence-electron chi connectivity index (χ4n) is 3.70. The van der Waals surface area contributed by atoms with Gasteiger partial charge in [0.1, 0.15) is 0 Å². The van der Waals surface area contributed by atoms with E-state index in [1.807, 2.05) is 0 Å². The quantitative estimate of drug-likeness (QED) is 0.811. The van der Waals surface area contributed by atoms with Gasteiger partial charge in [-0.3, -0.25) is 0 Å². The highest BCUT2D eigenvalue weighted by Crippen LogP contribution is 2.34. The highest BCUT2D eigenvalue weighted by molar-refractivity contribution is 5.63. The minimum atomic E-state index is 0.523. The van der Waals surface area contributed by atoms with Crippen molar-refractivity contribution in [1.29, 1.82) is 0 Å². The summed E-state index contributed by atoms with van der Waals surface area (Å²) < 4.78 is 0. The smallest absolute Gasteiger partial charge is 0.0484 e. The maximum Gasteiger partial charge on any atom is 0.0484 e. The number of aryl methyl sites for hydroxylation is 6. The lowest BCUT2D eigenvalue weighted by Gasteiger charge is -2.16. The van der Waals surface area contributed by atoms with Gasteiger partial charge in [-0.05, 0) is 70.2 Å². The van der Waals surface area contributed by atoms with Crippen LogP contribution in [0, 0.1) is 41.5 Å². The summed E-state index contributed by atoms with van der Waals surface area (Å²) in [6.07, 6.45) is 1.18. The third-order valence-corrected chi connectivity index (χ3v) is 4.80. The van der Waals surface area contributed by atoms with Gasteiger partial charge in [0.2, 0.25) is 0 Å². The van der Waals surface area contributed by atoms with Crippen molar-refractivity contribution in [2.24, 2.45) is 0 Å². The summed E-state index contributed by atoms with van der Waals surface area (Å²) in [7, 11) is 0. The third kappa shape index (κ3) is 3.36. The molecule has 1 aliphatic carbocycles. The lowest BCUT2D eigenvalue weighted by atomic mass is 10.0. The van der Waals surface area contributed by atoms with Crippen molar-refractivity contribution in [3.63, 3.8) is 0 Å². The first-order chi connectivity index (χ1) is 10.8. The van der Waals surface area contributed by atoms with Crippen molar-refractivity contribution in [1.82, 2.24) is 0 Å². The van der Waals surface area contributed by atoms with Gasteiger partial charge in [-0.1, -0.05) is 35.4 Å². The second-order valence-corrected chi connectivity index (χ2v) is 7.28. The SMILES string of the molecule is Cc1cc(C)c(NC2CC2Nc2c(C)cc(C)cc2C)c(C)c1. The van der Waals surface area contributed by atoms with E-state index < -0.39 is 0 Å². The minimum absolute atomic E-state index is 0.523. The van der Waals surface area contributed by atoms with Crippen LogP contribution in [0.2, 0.25) is 0 Å². The van der Waals surface area contributed by atoms with E-state index in [0.717, 1.165) is 0 Å². The van der Waals surface area contributed by atoms with Crippen LogP contribution in [-0.2, 0) is 0 Å². The van der Waals surface area contributed by atoms with E-state index in [-0.39, 0.29) is 0 Å². The molecule has 0 amide bonds. The van der Waals surface area contributed by atoms with Crippen molar-refractivity contribution >= 4 is 11.4 Å². The molecule has 2 nitrogen and oxygen atoms in total. The van der Waals surface area contributed by atoms with Crippen LogP contribution in [0.4, 0.5) is 11.4 Å². The summed E-state index contributed by atoms with van der Waals surface area (Å²) >= 11 is 0. The van der Waals surface area contributed by atoms with E-state index in [2.05, 4.69) is 76.4 Å². The van der Waals surface area contributed by atoms with Crippen LogP contribution < -0.4 is 10.6 Å². The molecule has 1 fully saturated rings. The molecular weight excluding hydrogens is 280 g/mol. The van der Waals surface area contributed by atoms with Gasteiger partial charge >= 0.3 is 0 Å². The Bertz CT molecular complexity index is 636. The van der Waals surface area contributed by atoms with Gasteiger partial charge in [0.05, 0.1) is 0 Å². The van der Waals surface area contributed by atoms with Crippen molar-refractivity contribution in [2.75, 3.05) is 10.6 Å². The molecule has 0 heterocycles. The van der Waals surface area contributed by atoms with Gasteiger partial charge in [0, 0.05) is 23.5 Å². The number of anilines is 2. The average Bonchev–Trinajstić information content (AvgIpc) is 3.16. The summed E-state index contributed by atoms with van der Waals surface area (Å²) in [6.45, 7) is 13.1. The van der Waals surface area contributed by atoms with Crippen LogP contribution in [-0.4, -0.2) is 12.1 Å². The van der Waals surface area contributed by atoms with Gasteiger partial charge in [-0.25, -0.2) is 0 Å². The van der Waals surface area contributed by atoms with Crippen LogP contribution >= 0.6 is 0 Å². The van der Waals surface area contributed by atoms with Gasteiger partial charge in [0.25, 0.3) is 0 Å². The van der Waals surface area contributed by atoms with Gasteiger partial charge in [0.15, 0.2) is 0 Å². The summed E-state index contributed by atoms with van der Waals surface area (Å²) in [6, 6.07) is 10.1. The Balaban J connectivity index is 1.70. The molecular formula is C21H28N2. The van der Waals surface area contributed by atoms with Crippen molar-refractivity contribution in [3.05, 3.63) is 57.6 Å². The third-order valence-electron chi connectivity index (χ3n) is 4.80. The highest BCUT2D eigenvalue weighted by atomic mass is 15.1. The number of hydrogen-bond acceptors (Lipinski definition) is 2.